The molecule has 6 heteroatoms. The van der Waals surface area contributed by atoms with E-state index in [0.717, 1.165) is 5.56 Å². The third-order valence-corrected chi connectivity index (χ3v) is 2.70. The standard InChI is InChI=1S/C13H8Cl2N2O2/c14-10-4-1-3-9(7-10)8-17-19-13(18)11-5-2-6-16-12(11)15/h1-8H/b17-8+. The molecule has 0 saturated heterocycles. The third kappa shape index (κ3) is 3.77. The Labute approximate surface area is 119 Å². The molecule has 1 heterocycles. The minimum Gasteiger partial charge on any atom is -0.313 e. The second-order valence-corrected chi connectivity index (χ2v) is 4.30. The SMILES string of the molecule is O=C(O/N=C/c1cccc(Cl)c1)c1cccnc1Cl. The van der Waals surface area contributed by atoms with Crippen molar-refractivity contribution in [3.8, 4) is 0 Å². The number of pyridine rings is 1. The van der Waals surface area contributed by atoms with Gasteiger partial charge >= 0.3 is 5.97 Å². The number of nitrogens with zero attached hydrogens (tertiary/aromatic N) is 2. The highest BCUT2D eigenvalue weighted by atomic mass is 35.5. The molecule has 0 aliphatic rings. The van der Waals surface area contributed by atoms with Crippen LogP contribution >= 0.6 is 23.2 Å². The Kier molecular flexibility index (Phi) is 4.49. The van der Waals surface area contributed by atoms with Crippen LogP contribution < -0.4 is 0 Å². The summed E-state index contributed by atoms with van der Waals surface area (Å²) in [5.41, 5.74) is 0.880. The summed E-state index contributed by atoms with van der Waals surface area (Å²) in [5, 5.41) is 4.23. The van der Waals surface area contributed by atoms with Gasteiger partial charge in [-0.15, -0.1) is 0 Å². The Hall–Kier alpha value is -1.91. The Balaban J connectivity index is 2.03. The summed E-state index contributed by atoms with van der Waals surface area (Å²) in [4.78, 5) is 20.1. The number of aromatic nitrogens is 1. The molecular weight excluding hydrogens is 287 g/mol. The van der Waals surface area contributed by atoms with Crippen LogP contribution in [-0.2, 0) is 4.84 Å². The summed E-state index contributed by atoms with van der Waals surface area (Å²) in [5.74, 6) is -0.670. The summed E-state index contributed by atoms with van der Waals surface area (Å²) in [6.45, 7) is 0. The molecule has 0 saturated carbocycles. The number of carbonyl (C=O) groups is 1. The van der Waals surface area contributed by atoms with E-state index >= 15 is 0 Å². The molecule has 0 spiro atoms. The molecular formula is C13H8Cl2N2O2. The van der Waals surface area contributed by atoms with Crippen molar-refractivity contribution in [1.82, 2.24) is 4.98 Å². The first-order valence-electron chi connectivity index (χ1n) is 5.27. The number of benzene rings is 1. The minimum absolute atomic E-state index is 0.0745. The number of hydrogen-bond donors (Lipinski definition) is 0. The molecule has 4 nitrogen and oxygen atoms in total. The molecule has 0 amide bonds. The fraction of sp³-hybridized carbons (Fsp3) is 0. The van der Waals surface area contributed by atoms with Crippen LogP contribution in [0, 0.1) is 0 Å². The van der Waals surface area contributed by atoms with Gasteiger partial charge in [0.25, 0.3) is 0 Å². The highest BCUT2D eigenvalue weighted by Gasteiger charge is 2.11. The first kappa shape index (κ1) is 13.5. The molecule has 0 bridgehead atoms. The fourth-order valence-electron chi connectivity index (χ4n) is 1.31. The van der Waals surface area contributed by atoms with Crippen molar-refractivity contribution >= 4 is 35.4 Å². The van der Waals surface area contributed by atoms with Crippen LogP contribution in [0.4, 0.5) is 0 Å². The third-order valence-electron chi connectivity index (χ3n) is 2.17. The quantitative estimate of drug-likeness (QED) is 0.376. The summed E-state index contributed by atoms with van der Waals surface area (Å²) in [7, 11) is 0. The van der Waals surface area contributed by atoms with Crippen molar-refractivity contribution in [3.63, 3.8) is 0 Å². The van der Waals surface area contributed by atoms with Gasteiger partial charge in [0.05, 0.1) is 11.8 Å². The van der Waals surface area contributed by atoms with E-state index in [1.54, 1.807) is 30.3 Å². The maximum absolute atomic E-state index is 11.6. The zero-order valence-corrected chi connectivity index (χ0v) is 11.1. The smallest absolute Gasteiger partial charge is 0.313 e. The second-order valence-electron chi connectivity index (χ2n) is 3.51. The van der Waals surface area contributed by atoms with Crippen molar-refractivity contribution in [2.45, 2.75) is 0 Å². The van der Waals surface area contributed by atoms with Gasteiger partial charge in [0.2, 0.25) is 0 Å². The van der Waals surface area contributed by atoms with E-state index in [4.69, 9.17) is 28.0 Å². The van der Waals surface area contributed by atoms with Crippen molar-refractivity contribution in [1.29, 1.82) is 0 Å². The molecule has 1 aromatic carbocycles. The molecule has 0 unspecified atom stereocenters. The lowest BCUT2D eigenvalue weighted by Crippen LogP contribution is -2.02. The lowest BCUT2D eigenvalue weighted by Gasteiger charge is -1.99. The van der Waals surface area contributed by atoms with Crippen molar-refractivity contribution < 1.29 is 9.63 Å². The van der Waals surface area contributed by atoms with Crippen LogP contribution in [0.3, 0.4) is 0 Å². The molecule has 2 rings (SSSR count). The molecule has 96 valence electrons. The predicted molar refractivity (Wildman–Crippen MR) is 73.7 cm³/mol. The van der Waals surface area contributed by atoms with Crippen LogP contribution in [0.2, 0.25) is 10.2 Å². The van der Waals surface area contributed by atoms with Crippen LogP contribution in [0.15, 0.2) is 47.8 Å². The maximum Gasteiger partial charge on any atom is 0.368 e. The van der Waals surface area contributed by atoms with Crippen molar-refractivity contribution in [2.75, 3.05) is 0 Å². The van der Waals surface area contributed by atoms with Gasteiger partial charge in [0, 0.05) is 11.2 Å². The van der Waals surface area contributed by atoms with Crippen LogP contribution in [-0.4, -0.2) is 17.2 Å². The normalized spacial score (nSPS) is 10.6. The van der Waals surface area contributed by atoms with Crippen LogP contribution in [0.1, 0.15) is 15.9 Å². The van der Waals surface area contributed by atoms with Gasteiger partial charge < -0.3 is 4.84 Å². The van der Waals surface area contributed by atoms with Crippen LogP contribution in [0.25, 0.3) is 0 Å². The second kappa shape index (κ2) is 6.31. The first-order valence-corrected chi connectivity index (χ1v) is 6.03. The molecule has 0 aliphatic heterocycles. The molecule has 19 heavy (non-hydrogen) atoms. The molecule has 0 aliphatic carbocycles. The summed E-state index contributed by atoms with van der Waals surface area (Å²) >= 11 is 11.6. The van der Waals surface area contributed by atoms with Crippen molar-refractivity contribution in [3.05, 3.63) is 63.9 Å². The molecule has 0 N–H and O–H groups in total. The first-order chi connectivity index (χ1) is 9.16. The van der Waals surface area contributed by atoms with Gasteiger partial charge in [-0.05, 0) is 29.8 Å². The minimum atomic E-state index is -0.670. The summed E-state index contributed by atoms with van der Waals surface area (Å²) in [6.07, 6.45) is 2.86. The van der Waals surface area contributed by atoms with Gasteiger partial charge in [-0.1, -0.05) is 40.5 Å². The van der Waals surface area contributed by atoms with Crippen LogP contribution in [0.5, 0.6) is 0 Å². The number of rotatable bonds is 3. The largest absolute Gasteiger partial charge is 0.368 e. The van der Waals surface area contributed by atoms with E-state index in [0.29, 0.717) is 5.02 Å². The molecule has 2 aromatic rings. The topological polar surface area (TPSA) is 51.5 Å². The monoisotopic (exact) mass is 294 g/mol. The number of oxime groups is 1. The van der Waals surface area contributed by atoms with E-state index < -0.39 is 5.97 Å². The zero-order valence-electron chi connectivity index (χ0n) is 9.59. The van der Waals surface area contributed by atoms with Gasteiger partial charge in [-0.3, -0.25) is 0 Å². The van der Waals surface area contributed by atoms with E-state index in [1.165, 1.54) is 18.5 Å². The Morgan fingerprint density at radius 1 is 1.26 bits per heavy atom. The van der Waals surface area contributed by atoms with E-state index in [9.17, 15) is 4.79 Å². The number of carbonyl (C=O) groups excluding carboxylic acids is 1. The fourth-order valence-corrected chi connectivity index (χ4v) is 1.70. The Bertz CT molecular complexity index is 630. The van der Waals surface area contributed by atoms with E-state index in [1.807, 2.05) is 0 Å². The molecule has 1 aromatic heterocycles. The van der Waals surface area contributed by atoms with E-state index in [2.05, 4.69) is 10.1 Å². The summed E-state index contributed by atoms with van der Waals surface area (Å²) < 4.78 is 0. The highest BCUT2D eigenvalue weighted by Crippen LogP contribution is 2.13. The van der Waals surface area contributed by atoms with Gasteiger partial charge in [-0.2, -0.15) is 0 Å². The number of halogens is 2. The van der Waals surface area contributed by atoms with Crippen molar-refractivity contribution in [2.24, 2.45) is 5.16 Å². The molecule has 0 atom stereocenters. The lowest BCUT2D eigenvalue weighted by molar-refractivity contribution is 0.0519. The Morgan fingerprint density at radius 2 is 2.11 bits per heavy atom. The van der Waals surface area contributed by atoms with Gasteiger partial charge in [0.15, 0.2) is 0 Å². The predicted octanol–water partition coefficient (Wildman–Crippen LogP) is 3.58. The summed E-state index contributed by atoms with van der Waals surface area (Å²) in [6, 6.07) is 10.1. The lowest BCUT2D eigenvalue weighted by atomic mass is 10.2. The molecule has 0 fully saturated rings. The number of hydrogen-bond acceptors (Lipinski definition) is 4. The average molecular weight is 295 g/mol. The maximum atomic E-state index is 11.6. The van der Waals surface area contributed by atoms with Gasteiger partial charge in [0.1, 0.15) is 5.15 Å². The average Bonchev–Trinajstić information content (AvgIpc) is 2.39. The zero-order chi connectivity index (χ0) is 13.7. The molecule has 0 radical (unpaired) electrons. The highest BCUT2D eigenvalue weighted by molar-refractivity contribution is 6.32. The Morgan fingerprint density at radius 3 is 2.84 bits per heavy atom. The van der Waals surface area contributed by atoms with Gasteiger partial charge in [-0.25, -0.2) is 9.78 Å². The van der Waals surface area contributed by atoms with E-state index in [-0.39, 0.29) is 10.7 Å².